The molecule has 2 aromatic carbocycles. The number of methoxy groups -OCH3 is 1. The molecule has 1 N–H and O–H groups in total. The van der Waals surface area contributed by atoms with Gasteiger partial charge in [0.25, 0.3) is 11.8 Å². The Bertz CT molecular complexity index is 935. The first kappa shape index (κ1) is 20.6. The highest BCUT2D eigenvalue weighted by Crippen LogP contribution is 2.33. The van der Waals surface area contributed by atoms with Gasteiger partial charge in [-0.3, -0.25) is 14.5 Å². The van der Waals surface area contributed by atoms with Gasteiger partial charge >= 0.3 is 0 Å². The summed E-state index contributed by atoms with van der Waals surface area (Å²) < 4.78 is 11.0. The maximum absolute atomic E-state index is 13.2. The van der Waals surface area contributed by atoms with Gasteiger partial charge in [-0.25, -0.2) is 0 Å². The standard InChI is InChI=1S/C23H26N2O4/c1-15(2)29-13-12-25-22(26)20(17-8-6-5-7-9-17)21(23(25)27)24-18-14-16(3)10-11-19(18)28-4/h5-11,14-15,24H,12-13H2,1-4H3. The molecule has 0 aromatic heterocycles. The van der Waals surface area contributed by atoms with Gasteiger partial charge in [0.1, 0.15) is 11.4 Å². The Kier molecular flexibility index (Phi) is 6.34. The van der Waals surface area contributed by atoms with E-state index in [4.69, 9.17) is 9.47 Å². The van der Waals surface area contributed by atoms with Crippen molar-refractivity contribution in [3.8, 4) is 5.75 Å². The number of ether oxygens (including phenoxy) is 2. The quantitative estimate of drug-likeness (QED) is 0.693. The zero-order valence-corrected chi connectivity index (χ0v) is 17.2. The lowest BCUT2D eigenvalue weighted by atomic mass is 10.0. The SMILES string of the molecule is COc1ccc(C)cc1NC1=C(c2ccccc2)C(=O)N(CCOC(C)C)C1=O. The third-order valence-corrected chi connectivity index (χ3v) is 4.61. The van der Waals surface area contributed by atoms with E-state index >= 15 is 0 Å². The summed E-state index contributed by atoms with van der Waals surface area (Å²) in [4.78, 5) is 27.5. The van der Waals surface area contributed by atoms with Crippen LogP contribution in [-0.4, -0.2) is 43.1 Å². The highest BCUT2D eigenvalue weighted by molar-refractivity contribution is 6.36. The third kappa shape index (κ3) is 4.49. The molecule has 0 spiro atoms. The lowest BCUT2D eigenvalue weighted by molar-refractivity contribution is -0.137. The largest absolute Gasteiger partial charge is 0.495 e. The average molecular weight is 394 g/mol. The number of imide groups is 1. The number of carbonyl (C=O) groups excluding carboxylic acids is 2. The van der Waals surface area contributed by atoms with Crippen molar-refractivity contribution in [2.75, 3.05) is 25.6 Å². The maximum atomic E-state index is 13.2. The van der Waals surface area contributed by atoms with E-state index in [9.17, 15) is 9.59 Å². The van der Waals surface area contributed by atoms with E-state index < -0.39 is 0 Å². The summed E-state index contributed by atoms with van der Waals surface area (Å²) in [6, 6.07) is 14.8. The molecular weight excluding hydrogens is 368 g/mol. The van der Waals surface area contributed by atoms with E-state index in [1.807, 2.05) is 69.3 Å². The molecule has 0 saturated carbocycles. The van der Waals surface area contributed by atoms with E-state index in [-0.39, 0.29) is 36.8 Å². The monoisotopic (exact) mass is 394 g/mol. The number of amides is 2. The summed E-state index contributed by atoms with van der Waals surface area (Å²) in [6.07, 6.45) is 0.0264. The molecule has 0 atom stereocenters. The second-order valence-electron chi connectivity index (χ2n) is 7.13. The number of carbonyl (C=O) groups is 2. The predicted octanol–water partition coefficient (Wildman–Crippen LogP) is 3.62. The van der Waals surface area contributed by atoms with Crippen LogP contribution in [0, 0.1) is 6.92 Å². The summed E-state index contributed by atoms with van der Waals surface area (Å²) in [7, 11) is 1.57. The Morgan fingerprint density at radius 2 is 1.76 bits per heavy atom. The number of anilines is 1. The van der Waals surface area contributed by atoms with Crippen LogP contribution in [-0.2, 0) is 14.3 Å². The lowest BCUT2D eigenvalue weighted by Crippen LogP contribution is -2.35. The van der Waals surface area contributed by atoms with Gasteiger partial charge in [-0.1, -0.05) is 36.4 Å². The molecule has 152 valence electrons. The van der Waals surface area contributed by atoms with Crippen molar-refractivity contribution in [2.24, 2.45) is 0 Å². The molecule has 1 heterocycles. The molecule has 0 unspecified atom stereocenters. The van der Waals surface area contributed by atoms with Gasteiger partial charge in [0, 0.05) is 0 Å². The molecule has 3 rings (SSSR count). The van der Waals surface area contributed by atoms with Gasteiger partial charge in [-0.05, 0) is 44.0 Å². The number of aryl methyl sites for hydroxylation is 1. The van der Waals surface area contributed by atoms with Crippen molar-refractivity contribution in [1.82, 2.24) is 4.90 Å². The van der Waals surface area contributed by atoms with Crippen LogP contribution in [0.4, 0.5) is 5.69 Å². The third-order valence-electron chi connectivity index (χ3n) is 4.61. The van der Waals surface area contributed by atoms with E-state index in [2.05, 4.69) is 5.32 Å². The highest BCUT2D eigenvalue weighted by Gasteiger charge is 2.39. The number of hydrogen-bond donors (Lipinski definition) is 1. The van der Waals surface area contributed by atoms with Gasteiger partial charge in [0.05, 0.1) is 37.6 Å². The fraction of sp³-hybridized carbons (Fsp3) is 0.304. The van der Waals surface area contributed by atoms with Crippen molar-refractivity contribution in [1.29, 1.82) is 0 Å². The summed E-state index contributed by atoms with van der Waals surface area (Å²) in [5.74, 6) is -0.107. The van der Waals surface area contributed by atoms with Gasteiger partial charge in [-0.2, -0.15) is 0 Å². The second-order valence-corrected chi connectivity index (χ2v) is 7.13. The molecule has 2 aromatic rings. The van der Waals surface area contributed by atoms with E-state index in [1.165, 1.54) is 4.90 Å². The minimum atomic E-state index is -0.371. The summed E-state index contributed by atoms with van der Waals surface area (Å²) in [6.45, 7) is 6.27. The van der Waals surface area contributed by atoms with Gasteiger partial charge in [0.2, 0.25) is 0 Å². The fourth-order valence-corrected chi connectivity index (χ4v) is 3.20. The first-order valence-electron chi connectivity index (χ1n) is 9.61. The first-order valence-corrected chi connectivity index (χ1v) is 9.61. The van der Waals surface area contributed by atoms with Crippen LogP contribution in [0.3, 0.4) is 0 Å². The van der Waals surface area contributed by atoms with Crippen molar-refractivity contribution in [2.45, 2.75) is 26.9 Å². The average Bonchev–Trinajstić information content (AvgIpc) is 2.93. The molecular formula is C23H26N2O4. The Morgan fingerprint density at radius 1 is 1.03 bits per heavy atom. The van der Waals surface area contributed by atoms with Crippen LogP contribution < -0.4 is 10.1 Å². The highest BCUT2D eigenvalue weighted by atomic mass is 16.5. The fourth-order valence-electron chi connectivity index (χ4n) is 3.20. The van der Waals surface area contributed by atoms with Gasteiger partial charge < -0.3 is 14.8 Å². The van der Waals surface area contributed by atoms with E-state index in [1.54, 1.807) is 7.11 Å². The molecule has 29 heavy (non-hydrogen) atoms. The summed E-state index contributed by atoms with van der Waals surface area (Å²) in [5.41, 5.74) is 2.93. The zero-order chi connectivity index (χ0) is 21.0. The van der Waals surface area contributed by atoms with Crippen LogP contribution in [0.25, 0.3) is 5.57 Å². The topological polar surface area (TPSA) is 67.9 Å². The van der Waals surface area contributed by atoms with E-state index in [0.29, 0.717) is 22.6 Å². The minimum absolute atomic E-state index is 0.0264. The summed E-state index contributed by atoms with van der Waals surface area (Å²) >= 11 is 0. The molecule has 6 nitrogen and oxygen atoms in total. The molecule has 0 fully saturated rings. The number of rotatable bonds is 8. The Balaban J connectivity index is 1.99. The molecule has 1 aliphatic rings. The Labute approximate surface area is 171 Å². The van der Waals surface area contributed by atoms with Crippen molar-refractivity contribution < 1.29 is 19.1 Å². The van der Waals surface area contributed by atoms with Crippen LogP contribution in [0.15, 0.2) is 54.2 Å². The second kappa shape index (κ2) is 8.92. The molecule has 6 heteroatoms. The number of benzene rings is 2. The molecule has 0 bridgehead atoms. The maximum Gasteiger partial charge on any atom is 0.278 e. The van der Waals surface area contributed by atoms with Gasteiger partial charge in [0.15, 0.2) is 0 Å². The Morgan fingerprint density at radius 3 is 2.41 bits per heavy atom. The Hall–Kier alpha value is -3.12. The molecule has 0 radical (unpaired) electrons. The van der Waals surface area contributed by atoms with Crippen molar-refractivity contribution in [3.63, 3.8) is 0 Å². The van der Waals surface area contributed by atoms with Crippen LogP contribution in [0.5, 0.6) is 5.75 Å². The number of nitrogens with one attached hydrogen (secondary N) is 1. The molecule has 0 saturated heterocycles. The van der Waals surface area contributed by atoms with Gasteiger partial charge in [-0.15, -0.1) is 0 Å². The molecule has 0 aliphatic carbocycles. The van der Waals surface area contributed by atoms with Crippen LogP contribution in [0.2, 0.25) is 0 Å². The molecule has 2 amide bonds. The summed E-state index contributed by atoms with van der Waals surface area (Å²) in [5, 5.41) is 3.16. The van der Waals surface area contributed by atoms with Crippen LogP contribution >= 0.6 is 0 Å². The lowest BCUT2D eigenvalue weighted by Gasteiger charge is -2.17. The van der Waals surface area contributed by atoms with Crippen molar-refractivity contribution >= 4 is 23.1 Å². The first-order chi connectivity index (χ1) is 13.9. The number of nitrogens with zero attached hydrogens (tertiary/aromatic N) is 1. The zero-order valence-electron chi connectivity index (χ0n) is 17.2. The molecule has 1 aliphatic heterocycles. The van der Waals surface area contributed by atoms with Crippen molar-refractivity contribution in [3.05, 3.63) is 65.4 Å². The van der Waals surface area contributed by atoms with Crippen LogP contribution in [0.1, 0.15) is 25.0 Å². The smallest absolute Gasteiger partial charge is 0.278 e. The predicted molar refractivity (Wildman–Crippen MR) is 113 cm³/mol. The minimum Gasteiger partial charge on any atom is -0.495 e. The number of hydrogen-bond acceptors (Lipinski definition) is 5. The normalized spacial score (nSPS) is 14.2. The van der Waals surface area contributed by atoms with E-state index in [0.717, 1.165) is 5.56 Å².